The predicted molar refractivity (Wildman–Crippen MR) is 79.2 cm³/mol. The van der Waals surface area contributed by atoms with Crippen LogP contribution in [0.3, 0.4) is 0 Å². The molecule has 0 radical (unpaired) electrons. The quantitative estimate of drug-likeness (QED) is 0.629. The first kappa shape index (κ1) is 16.9. The zero-order valence-electron chi connectivity index (χ0n) is 12.8. The zero-order valence-corrected chi connectivity index (χ0v) is 12.8. The van der Waals surface area contributed by atoms with Crippen LogP contribution in [0.5, 0.6) is 5.75 Å². The summed E-state index contributed by atoms with van der Waals surface area (Å²) >= 11 is 0. The van der Waals surface area contributed by atoms with Crippen LogP contribution in [0.1, 0.15) is 24.7 Å². The molecular weight excluding hydrogens is 256 g/mol. The zero-order chi connectivity index (χ0) is 14.6. The number of pyridine rings is 1. The van der Waals surface area contributed by atoms with Gasteiger partial charge < -0.3 is 19.5 Å². The molecule has 1 N–H and O–H groups in total. The molecule has 1 rings (SSSR count). The molecule has 1 aromatic rings. The SMILES string of the molecule is CCOCCCOc1ccc(C)nc1CNCCOC. The summed E-state index contributed by atoms with van der Waals surface area (Å²) in [7, 11) is 1.69. The molecule has 0 saturated heterocycles. The molecule has 0 aliphatic carbocycles. The highest BCUT2D eigenvalue weighted by molar-refractivity contribution is 5.29. The Morgan fingerprint density at radius 1 is 1.20 bits per heavy atom. The number of aromatic nitrogens is 1. The second kappa shape index (κ2) is 10.6. The number of methoxy groups -OCH3 is 1. The van der Waals surface area contributed by atoms with E-state index in [1.165, 1.54) is 0 Å². The summed E-state index contributed by atoms with van der Waals surface area (Å²) in [5.41, 5.74) is 1.94. The summed E-state index contributed by atoms with van der Waals surface area (Å²) in [5.74, 6) is 0.844. The van der Waals surface area contributed by atoms with Crippen LogP contribution >= 0.6 is 0 Å². The molecule has 0 aliphatic rings. The van der Waals surface area contributed by atoms with E-state index in [0.717, 1.165) is 43.3 Å². The fourth-order valence-corrected chi connectivity index (χ4v) is 1.72. The minimum atomic E-state index is 0.649. The van der Waals surface area contributed by atoms with Gasteiger partial charge in [-0.1, -0.05) is 0 Å². The maximum Gasteiger partial charge on any atom is 0.142 e. The van der Waals surface area contributed by atoms with Gasteiger partial charge >= 0.3 is 0 Å². The van der Waals surface area contributed by atoms with Gasteiger partial charge in [0.25, 0.3) is 0 Å². The third kappa shape index (κ3) is 6.84. The van der Waals surface area contributed by atoms with Crippen molar-refractivity contribution in [3.05, 3.63) is 23.5 Å². The van der Waals surface area contributed by atoms with Crippen molar-refractivity contribution in [2.24, 2.45) is 0 Å². The Morgan fingerprint density at radius 3 is 2.80 bits per heavy atom. The average Bonchev–Trinajstić information content (AvgIpc) is 2.45. The highest BCUT2D eigenvalue weighted by Crippen LogP contribution is 2.17. The van der Waals surface area contributed by atoms with Crippen LogP contribution in [0, 0.1) is 6.92 Å². The number of hydrogen-bond acceptors (Lipinski definition) is 5. The number of nitrogens with zero attached hydrogens (tertiary/aromatic N) is 1. The summed E-state index contributed by atoms with van der Waals surface area (Å²) in [5, 5.41) is 3.29. The van der Waals surface area contributed by atoms with Crippen molar-refractivity contribution in [3.8, 4) is 5.75 Å². The Balaban J connectivity index is 2.42. The van der Waals surface area contributed by atoms with E-state index in [9.17, 15) is 0 Å². The Hall–Kier alpha value is -1.17. The van der Waals surface area contributed by atoms with Crippen molar-refractivity contribution in [2.75, 3.05) is 40.1 Å². The first-order valence-corrected chi connectivity index (χ1v) is 7.14. The van der Waals surface area contributed by atoms with Crippen molar-refractivity contribution in [2.45, 2.75) is 26.8 Å². The molecule has 20 heavy (non-hydrogen) atoms. The van der Waals surface area contributed by atoms with Gasteiger partial charge in [-0.15, -0.1) is 0 Å². The molecule has 5 heteroatoms. The van der Waals surface area contributed by atoms with E-state index in [0.29, 0.717) is 19.8 Å². The number of hydrogen-bond donors (Lipinski definition) is 1. The maximum absolute atomic E-state index is 5.78. The van der Waals surface area contributed by atoms with Gasteiger partial charge in [-0.3, -0.25) is 4.98 Å². The van der Waals surface area contributed by atoms with E-state index in [2.05, 4.69) is 10.3 Å². The third-order valence-corrected chi connectivity index (χ3v) is 2.74. The van der Waals surface area contributed by atoms with E-state index in [4.69, 9.17) is 14.2 Å². The van der Waals surface area contributed by atoms with Crippen molar-refractivity contribution in [1.29, 1.82) is 0 Å². The van der Waals surface area contributed by atoms with E-state index >= 15 is 0 Å². The molecule has 0 bridgehead atoms. The van der Waals surface area contributed by atoms with E-state index in [1.807, 2.05) is 26.0 Å². The van der Waals surface area contributed by atoms with Crippen molar-refractivity contribution in [3.63, 3.8) is 0 Å². The monoisotopic (exact) mass is 282 g/mol. The molecule has 0 atom stereocenters. The Labute approximate surface area is 121 Å². The molecule has 1 aromatic heterocycles. The first-order valence-electron chi connectivity index (χ1n) is 7.14. The van der Waals surface area contributed by atoms with Gasteiger partial charge in [0.2, 0.25) is 0 Å². The lowest BCUT2D eigenvalue weighted by molar-refractivity contribution is 0.130. The summed E-state index contributed by atoms with van der Waals surface area (Å²) in [6.07, 6.45) is 0.887. The Kier molecular flexibility index (Phi) is 8.95. The van der Waals surface area contributed by atoms with E-state index in [1.54, 1.807) is 7.11 Å². The first-order chi connectivity index (χ1) is 9.77. The standard InChI is InChI=1S/C15H26N2O3/c1-4-19-9-5-10-20-15-7-6-13(2)17-14(15)12-16-8-11-18-3/h6-7,16H,4-5,8-12H2,1-3H3. The highest BCUT2D eigenvalue weighted by Gasteiger charge is 2.05. The van der Waals surface area contributed by atoms with Gasteiger partial charge in [0.15, 0.2) is 0 Å². The van der Waals surface area contributed by atoms with Crippen LogP contribution in [-0.4, -0.2) is 45.1 Å². The number of rotatable bonds is 11. The van der Waals surface area contributed by atoms with Crippen LogP contribution in [0.4, 0.5) is 0 Å². The van der Waals surface area contributed by atoms with Crippen molar-refractivity contribution >= 4 is 0 Å². The molecular formula is C15H26N2O3. The Morgan fingerprint density at radius 2 is 2.05 bits per heavy atom. The third-order valence-electron chi connectivity index (χ3n) is 2.74. The molecule has 0 saturated carbocycles. The number of aryl methyl sites for hydroxylation is 1. The van der Waals surface area contributed by atoms with Crippen LogP contribution in [0.2, 0.25) is 0 Å². The molecule has 1 heterocycles. The van der Waals surface area contributed by atoms with Crippen molar-refractivity contribution < 1.29 is 14.2 Å². The fraction of sp³-hybridized carbons (Fsp3) is 0.667. The Bertz CT molecular complexity index is 372. The predicted octanol–water partition coefficient (Wildman–Crippen LogP) is 1.93. The minimum absolute atomic E-state index is 0.649. The molecule has 0 aliphatic heterocycles. The summed E-state index contributed by atoms with van der Waals surface area (Å²) in [4.78, 5) is 4.53. The van der Waals surface area contributed by atoms with E-state index in [-0.39, 0.29) is 0 Å². The summed E-state index contributed by atoms with van der Waals surface area (Å²) < 4.78 is 16.1. The lowest BCUT2D eigenvalue weighted by Crippen LogP contribution is -2.20. The molecule has 0 spiro atoms. The molecule has 0 fully saturated rings. The molecule has 5 nitrogen and oxygen atoms in total. The number of nitrogens with one attached hydrogen (secondary N) is 1. The van der Waals surface area contributed by atoms with Gasteiger partial charge in [0, 0.05) is 45.5 Å². The largest absolute Gasteiger partial charge is 0.492 e. The van der Waals surface area contributed by atoms with Gasteiger partial charge in [-0.05, 0) is 26.0 Å². The van der Waals surface area contributed by atoms with Gasteiger partial charge in [-0.25, -0.2) is 0 Å². The normalized spacial score (nSPS) is 10.8. The molecule has 0 unspecified atom stereocenters. The van der Waals surface area contributed by atoms with Crippen LogP contribution < -0.4 is 10.1 Å². The minimum Gasteiger partial charge on any atom is -0.492 e. The van der Waals surface area contributed by atoms with E-state index < -0.39 is 0 Å². The summed E-state index contributed by atoms with van der Waals surface area (Å²) in [6, 6.07) is 3.95. The van der Waals surface area contributed by atoms with Crippen LogP contribution in [0.25, 0.3) is 0 Å². The molecule has 0 aromatic carbocycles. The second-order valence-corrected chi connectivity index (χ2v) is 4.47. The van der Waals surface area contributed by atoms with Gasteiger partial charge in [0.05, 0.1) is 18.9 Å². The molecule has 114 valence electrons. The maximum atomic E-state index is 5.78. The average molecular weight is 282 g/mol. The lowest BCUT2D eigenvalue weighted by Gasteiger charge is -2.12. The highest BCUT2D eigenvalue weighted by atomic mass is 16.5. The van der Waals surface area contributed by atoms with Gasteiger partial charge in [-0.2, -0.15) is 0 Å². The van der Waals surface area contributed by atoms with Gasteiger partial charge in [0.1, 0.15) is 5.75 Å². The second-order valence-electron chi connectivity index (χ2n) is 4.47. The topological polar surface area (TPSA) is 52.6 Å². The fourth-order valence-electron chi connectivity index (χ4n) is 1.72. The molecule has 0 amide bonds. The smallest absolute Gasteiger partial charge is 0.142 e. The van der Waals surface area contributed by atoms with Crippen LogP contribution in [0.15, 0.2) is 12.1 Å². The lowest BCUT2D eigenvalue weighted by atomic mass is 10.3. The number of ether oxygens (including phenoxy) is 3. The van der Waals surface area contributed by atoms with Crippen molar-refractivity contribution in [1.82, 2.24) is 10.3 Å². The van der Waals surface area contributed by atoms with Crippen LogP contribution in [-0.2, 0) is 16.0 Å². The summed E-state index contributed by atoms with van der Waals surface area (Å²) in [6.45, 7) is 8.29.